The molecule has 0 spiro atoms. The first-order valence-corrected chi connectivity index (χ1v) is 15.2. The number of fused-ring (bicyclic) bond motifs is 1. The summed E-state index contributed by atoms with van der Waals surface area (Å²) in [6.07, 6.45) is 2.56. The van der Waals surface area contributed by atoms with Crippen molar-refractivity contribution in [3.63, 3.8) is 0 Å². The fourth-order valence-corrected chi connectivity index (χ4v) is 7.44. The van der Waals surface area contributed by atoms with Gasteiger partial charge in [0.1, 0.15) is 22.3 Å². The molecule has 2 saturated heterocycles. The summed E-state index contributed by atoms with van der Waals surface area (Å²) in [5, 5.41) is 3.45. The first-order chi connectivity index (χ1) is 19.7. The summed E-state index contributed by atoms with van der Waals surface area (Å²) in [6, 6.07) is 11.6. The van der Waals surface area contributed by atoms with Crippen LogP contribution in [0, 0.1) is 11.6 Å². The Morgan fingerprint density at radius 3 is 2.32 bits per heavy atom. The Labute approximate surface area is 239 Å². The van der Waals surface area contributed by atoms with Crippen molar-refractivity contribution in [2.24, 2.45) is 0 Å². The number of nitrogens with one attached hydrogen (secondary N) is 1. The average Bonchev–Trinajstić information content (AvgIpc) is 3.36. The molecule has 0 radical (unpaired) electrons. The molecule has 41 heavy (non-hydrogen) atoms. The molecule has 11 heteroatoms. The predicted octanol–water partition coefficient (Wildman–Crippen LogP) is 3.87. The number of likely N-dealkylation sites (tertiary alicyclic amines) is 1. The van der Waals surface area contributed by atoms with Gasteiger partial charge in [-0.2, -0.15) is 4.98 Å². The number of halogens is 2. The van der Waals surface area contributed by atoms with Gasteiger partial charge in [-0.15, -0.1) is 0 Å². The molecule has 1 N–H and O–H groups in total. The van der Waals surface area contributed by atoms with Crippen molar-refractivity contribution in [2.45, 2.75) is 48.5 Å². The number of ketones is 1. The van der Waals surface area contributed by atoms with E-state index in [1.165, 1.54) is 36.4 Å². The van der Waals surface area contributed by atoms with Crippen LogP contribution < -0.4 is 10.2 Å². The molecular weight excluding hydrogens is 548 g/mol. The maximum absolute atomic E-state index is 13.9. The molecule has 214 valence electrons. The molecule has 2 fully saturated rings. The lowest BCUT2D eigenvalue weighted by Crippen LogP contribution is -2.48. The monoisotopic (exact) mass is 579 g/mol. The van der Waals surface area contributed by atoms with Crippen LogP contribution in [0.3, 0.4) is 0 Å². The van der Waals surface area contributed by atoms with Gasteiger partial charge < -0.3 is 15.1 Å². The number of likely N-dealkylation sites (N-methyl/N-ethyl adjacent to an activating group) is 1. The lowest BCUT2D eigenvalue weighted by atomic mass is 9.68. The third-order valence-corrected chi connectivity index (χ3v) is 9.94. The van der Waals surface area contributed by atoms with Gasteiger partial charge in [-0.1, -0.05) is 12.1 Å². The van der Waals surface area contributed by atoms with E-state index in [1.54, 1.807) is 24.1 Å². The SMILES string of the molecule is CN1C[C@@H](Nc2nc(N3CCC(C(=O)c4ccc(F)cc4)(c4ccc(F)cc4)CC3)nc3c2S(=O)CC3)CCC1=O. The molecule has 2 aromatic carbocycles. The van der Waals surface area contributed by atoms with Crippen molar-refractivity contribution in [1.82, 2.24) is 14.9 Å². The number of carbonyl (C=O) groups excluding carboxylic acids is 2. The van der Waals surface area contributed by atoms with Crippen molar-refractivity contribution in [2.75, 3.05) is 42.7 Å². The van der Waals surface area contributed by atoms with Gasteiger partial charge >= 0.3 is 0 Å². The number of aryl methyl sites for hydroxylation is 1. The number of rotatable bonds is 6. The van der Waals surface area contributed by atoms with Gasteiger partial charge in [0.15, 0.2) is 5.78 Å². The van der Waals surface area contributed by atoms with Crippen LogP contribution in [0.1, 0.15) is 47.3 Å². The average molecular weight is 580 g/mol. The van der Waals surface area contributed by atoms with Crippen LogP contribution in [-0.2, 0) is 27.4 Å². The van der Waals surface area contributed by atoms with Crippen LogP contribution in [0.2, 0.25) is 0 Å². The topological polar surface area (TPSA) is 95.5 Å². The van der Waals surface area contributed by atoms with E-state index in [-0.39, 0.29) is 23.5 Å². The van der Waals surface area contributed by atoms with Crippen LogP contribution in [0.25, 0.3) is 0 Å². The van der Waals surface area contributed by atoms with Crippen molar-refractivity contribution in [1.29, 1.82) is 0 Å². The number of Topliss-reactive ketones (excluding diaryl/α,β-unsaturated/α-hetero) is 1. The molecule has 0 saturated carbocycles. The maximum Gasteiger partial charge on any atom is 0.227 e. The van der Waals surface area contributed by atoms with Crippen LogP contribution in [0.15, 0.2) is 53.4 Å². The quantitative estimate of drug-likeness (QED) is 0.443. The van der Waals surface area contributed by atoms with Gasteiger partial charge in [-0.25, -0.2) is 13.8 Å². The second-order valence-electron chi connectivity index (χ2n) is 11.0. The number of aromatic nitrogens is 2. The highest BCUT2D eigenvalue weighted by Crippen LogP contribution is 2.40. The molecule has 1 aromatic heterocycles. The Morgan fingerprint density at radius 1 is 1.00 bits per heavy atom. The molecule has 2 atom stereocenters. The standard InChI is InChI=1S/C30H31F2N5O3S/c1-36-18-23(10-11-25(36)38)33-28-26-24(12-17-41(26)40)34-29(35-28)37-15-13-30(14-16-37,20-4-8-22(32)9-5-20)27(39)19-2-6-21(31)7-3-19/h2-9,23H,10-18H2,1H3,(H,33,34,35)/t23-,41?/m0/s1. The zero-order chi connectivity index (χ0) is 28.7. The smallest absolute Gasteiger partial charge is 0.227 e. The van der Waals surface area contributed by atoms with Gasteiger partial charge in [-0.3, -0.25) is 13.8 Å². The number of amides is 1. The molecule has 8 nitrogen and oxygen atoms in total. The number of benzene rings is 2. The Morgan fingerprint density at radius 2 is 1.66 bits per heavy atom. The number of piperidine rings is 2. The summed E-state index contributed by atoms with van der Waals surface area (Å²) >= 11 is 0. The van der Waals surface area contributed by atoms with Crippen LogP contribution in [-0.4, -0.2) is 69.2 Å². The summed E-state index contributed by atoms with van der Waals surface area (Å²) in [5.41, 5.74) is 0.966. The zero-order valence-electron chi connectivity index (χ0n) is 22.7. The van der Waals surface area contributed by atoms with Crippen molar-refractivity contribution in [3.05, 3.63) is 77.0 Å². The third kappa shape index (κ3) is 5.23. The number of carbonyl (C=O) groups is 2. The van der Waals surface area contributed by atoms with E-state index < -0.39 is 22.0 Å². The maximum atomic E-state index is 13.9. The van der Waals surface area contributed by atoms with E-state index in [0.29, 0.717) is 79.7 Å². The van der Waals surface area contributed by atoms with E-state index in [9.17, 15) is 22.6 Å². The van der Waals surface area contributed by atoms with Gasteiger partial charge in [0.25, 0.3) is 0 Å². The van der Waals surface area contributed by atoms with Gasteiger partial charge in [-0.05, 0) is 61.2 Å². The normalized spacial score (nSPS) is 22.0. The molecule has 4 heterocycles. The molecular formula is C30H31F2N5O3S. The summed E-state index contributed by atoms with van der Waals surface area (Å²) in [5.74, 6) is 0.718. The van der Waals surface area contributed by atoms with Crippen molar-refractivity contribution < 1.29 is 22.6 Å². The minimum Gasteiger partial charge on any atom is -0.364 e. The largest absolute Gasteiger partial charge is 0.364 e. The highest BCUT2D eigenvalue weighted by atomic mass is 32.2. The van der Waals surface area contributed by atoms with E-state index in [0.717, 1.165) is 11.3 Å². The second-order valence-corrected chi connectivity index (χ2v) is 12.5. The summed E-state index contributed by atoms with van der Waals surface area (Å²) in [7, 11) is 0.577. The second kappa shape index (κ2) is 10.9. The molecule has 6 rings (SSSR count). The molecule has 3 aromatic rings. The molecule has 1 amide bonds. The molecule has 0 bridgehead atoms. The van der Waals surface area contributed by atoms with Gasteiger partial charge in [0, 0.05) is 56.9 Å². The lowest BCUT2D eigenvalue weighted by molar-refractivity contribution is -0.132. The predicted molar refractivity (Wildman–Crippen MR) is 152 cm³/mol. The highest BCUT2D eigenvalue weighted by Gasteiger charge is 2.44. The Balaban J connectivity index is 1.29. The fourth-order valence-electron chi connectivity index (χ4n) is 6.13. The Hall–Kier alpha value is -3.73. The summed E-state index contributed by atoms with van der Waals surface area (Å²) in [4.78, 5) is 39.9. The summed E-state index contributed by atoms with van der Waals surface area (Å²) < 4.78 is 40.3. The molecule has 3 aliphatic rings. The molecule has 3 aliphatic heterocycles. The third-order valence-electron chi connectivity index (χ3n) is 8.48. The number of anilines is 2. The number of nitrogens with zero attached hydrogens (tertiary/aromatic N) is 4. The Bertz CT molecular complexity index is 1510. The van der Waals surface area contributed by atoms with Crippen molar-refractivity contribution in [3.8, 4) is 0 Å². The van der Waals surface area contributed by atoms with Gasteiger partial charge in [0.05, 0.1) is 21.9 Å². The lowest BCUT2D eigenvalue weighted by Gasteiger charge is -2.41. The summed E-state index contributed by atoms with van der Waals surface area (Å²) in [6.45, 7) is 1.47. The zero-order valence-corrected chi connectivity index (χ0v) is 23.6. The first-order valence-electron chi connectivity index (χ1n) is 13.8. The highest BCUT2D eigenvalue weighted by molar-refractivity contribution is 7.85. The molecule has 1 unspecified atom stereocenters. The fraction of sp³-hybridized carbons (Fsp3) is 0.400. The van der Waals surface area contributed by atoms with E-state index in [2.05, 4.69) is 5.32 Å². The minimum atomic E-state index is -1.20. The van der Waals surface area contributed by atoms with Gasteiger partial charge in [0.2, 0.25) is 11.9 Å². The van der Waals surface area contributed by atoms with Crippen LogP contribution in [0.4, 0.5) is 20.5 Å². The van der Waals surface area contributed by atoms with E-state index in [4.69, 9.17) is 9.97 Å². The Kier molecular flexibility index (Phi) is 7.31. The number of hydrogen-bond acceptors (Lipinski definition) is 7. The van der Waals surface area contributed by atoms with Crippen molar-refractivity contribution >= 4 is 34.3 Å². The van der Waals surface area contributed by atoms with Crippen LogP contribution >= 0.6 is 0 Å². The van der Waals surface area contributed by atoms with E-state index in [1.807, 2.05) is 4.90 Å². The van der Waals surface area contributed by atoms with E-state index >= 15 is 0 Å². The first kappa shape index (κ1) is 27.4. The molecule has 0 aliphatic carbocycles. The van der Waals surface area contributed by atoms with Crippen LogP contribution in [0.5, 0.6) is 0 Å². The minimum absolute atomic E-state index is 0.0111. The number of hydrogen-bond donors (Lipinski definition) is 1.